The van der Waals surface area contributed by atoms with E-state index >= 15 is 0 Å². The van der Waals surface area contributed by atoms with Crippen molar-refractivity contribution < 1.29 is 14.3 Å². The molecule has 0 radical (unpaired) electrons. The summed E-state index contributed by atoms with van der Waals surface area (Å²) >= 11 is 0. The zero-order valence-electron chi connectivity index (χ0n) is 8.69. The van der Waals surface area contributed by atoms with Gasteiger partial charge >= 0.3 is 0 Å². The van der Waals surface area contributed by atoms with Crippen LogP contribution in [-0.4, -0.2) is 12.4 Å². The first kappa shape index (κ1) is 11.2. The number of nitrogens with one attached hydrogen (secondary N) is 1. The van der Waals surface area contributed by atoms with Gasteiger partial charge in [0.15, 0.2) is 5.75 Å². The first-order valence-corrected chi connectivity index (χ1v) is 4.65. The van der Waals surface area contributed by atoms with Gasteiger partial charge in [-0.05, 0) is 12.1 Å². The van der Waals surface area contributed by atoms with E-state index in [1.54, 1.807) is 38.1 Å². The van der Waals surface area contributed by atoms with Crippen LogP contribution in [0, 0.1) is 5.92 Å². The van der Waals surface area contributed by atoms with Crippen molar-refractivity contribution in [2.24, 2.45) is 5.92 Å². The minimum Gasteiger partial charge on any atom is -0.427 e. The molecule has 1 aromatic rings. The second-order valence-electron chi connectivity index (χ2n) is 3.35. The number of carbonyl (C=O) groups excluding carboxylic acids is 2. The highest BCUT2D eigenvalue weighted by molar-refractivity contribution is 5.93. The molecule has 0 spiro atoms. The summed E-state index contributed by atoms with van der Waals surface area (Å²) in [7, 11) is 0. The normalized spacial score (nSPS) is 9.80. The molecule has 0 aliphatic rings. The number of para-hydroxylation sites is 2. The van der Waals surface area contributed by atoms with Gasteiger partial charge in [-0.3, -0.25) is 9.59 Å². The van der Waals surface area contributed by atoms with E-state index in [4.69, 9.17) is 4.74 Å². The maximum atomic E-state index is 11.4. The fourth-order valence-electron chi connectivity index (χ4n) is 1.00. The second-order valence-corrected chi connectivity index (χ2v) is 3.35. The highest BCUT2D eigenvalue weighted by atomic mass is 16.5. The lowest BCUT2D eigenvalue weighted by atomic mass is 10.2. The van der Waals surface area contributed by atoms with Crippen LogP contribution in [0.2, 0.25) is 0 Å². The largest absolute Gasteiger partial charge is 0.427 e. The van der Waals surface area contributed by atoms with Crippen molar-refractivity contribution in [1.29, 1.82) is 0 Å². The van der Waals surface area contributed by atoms with Gasteiger partial charge in [0, 0.05) is 5.92 Å². The average molecular weight is 207 g/mol. The van der Waals surface area contributed by atoms with Gasteiger partial charge in [0.05, 0.1) is 5.69 Å². The van der Waals surface area contributed by atoms with Crippen LogP contribution >= 0.6 is 0 Å². The maximum absolute atomic E-state index is 11.4. The molecule has 15 heavy (non-hydrogen) atoms. The molecular weight excluding hydrogens is 194 g/mol. The van der Waals surface area contributed by atoms with Gasteiger partial charge in [0.2, 0.25) is 5.91 Å². The Morgan fingerprint density at radius 3 is 2.67 bits per heavy atom. The third-order valence-corrected chi connectivity index (χ3v) is 1.84. The molecule has 0 heterocycles. The zero-order chi connectivity index (χ0) is 11.3. The fourth-order valence-corrected chi connectivity index (χ4v) is 1.00. The van der Waals surface area contributed by atoms with Crippen LogP contribution in [0.15, 0.2) is 24.3 Å². The van der Waals surface area contributed by atoms with Crippen molar-refractivity contribution in [2.45, 2.75) is 13.8 Å². The Hall–Kier alpha value is -1.84. The molecule has 1 amide bonds. The van der Waals surface area contributed by atoms with Crippen LogP contribution in [0.5, 0.6) is 5.75 Å². The lowest BCUT2D eigenvalue weighted by Crippen LogP contribution is -2.18. The summed E-state index contributed by atoms with van der Waals surface area (Å²) in [5.41, 5.74) is 0.503. The third kappa shape index (κ3) is 3.09. The summed E-state index contributed by atoms with van der Waals surface area (Å²) in [4.78, 5) is 21.6. The van der Waals surface area contributed by atoms with Gasteiger partial charge in [-0.25, -0.2) is 0 Å². The van der Waals surface area contributed by atoms with Gasteiger partial charge in [0.1, 0.15) is 0 Å². The molecule has 4 heteroatoms. The summed E-state index contributed by atoms with van der Waals surface area (Å²) in [6, 6.07) is 6.78. The molecule has 1 rings (SSSR count). The Morgan fingerprint density at radius 1 is 1.40 bits per heavy atom. The van der Waals surface area contributed by atoms with Crippen molar-refractivity contribution in [3.05, 3.63) is 24.3 Å². The van der Waals surface area contributed by atoms with Crippen molar-refractivity contribution in [2.75, 3.05) is 5.32 Å². The maximum Gasteiger partial charge on any atom is 0.298 e. The minimum absolute atomic E-state index is 0.114. The van der Waals surface area contributed by atoms with Crippen LogP contribution in [0.25, 0.3) is 0 Å². The Labute approximate surface area is 88.2 Å². The first-order valence-electron chi connectivity index (χ1n) is 4.65. The molecule has 0 aromatic heterocycles. The Balaban J connectivity index is 2.83. The van der Waals surface area contributed by atoms with Crippen LogP contribution in [-0.2, 0) is 9.59 Å². The van der Waals surface area contributed by atoms with Gasteiger partial charge in [-0.15, -0.1) is 0 Å². The van der Waals surface area contributed by atoms with Gasteiger partial charge in [-0.2, -0.15) is 0 Å². The standard InChI is InChI=1S/C11H13NO3/c1-8(2)11(14)12-9-5-3-4-6-10(9)15-7-13/h3-8H,1-2H3,(H,12,14). The summed E-state index contributed by atoms with van der Waals surface area (Å²) in [6.45, 7) is 3.91. The third-order valence-electron chi connectivity index (χ3n) is 1.84. The zero-order valence-corrected chi connectivity index (χ0v) is 8.69. The predicted molar refractivity (Wildman–Crippen MR) is 56.6 cm³/mol. The quantitative estimate of drug-likeness (QED) is 0.766. The highest BCUT2D eigenvalue weighted by Crippen LogP contribution is 2.23. The second kappa shape index (κ2) is 5.14. The smallest absolute Gasteiger partial charge is 0.298 e. The van der Waals surface area contributed by atoms with E-state index < -0.39 is 0 Å². The topological polar surface area (TPSA) is 55.4 Å². The Kier molecular flexibility index (Phi) is 3.85. The molecule has 0 aliphatic carbocycles. The van der Waals surface area contributed by atoms with Crippen molar-refractivity contribution in [1.82, 2.24) is 0 Å². The minimum atomic E-state index is -0.116. The number of benzene rings is 1. The lowest BCUT2D eigenvalue weighted by molar-refractivity contribution is -0.121. The van der Waals surface area contributed by atoms with Crippen LogP contribution in [0.4, 0.5) is 5.69 Å². The number of ether oxygens (including phenoxy) is 1. The van der Waals surface area contributed by atoms with Crippen molar-refractivity contribution in [3.8, 4) is 5.75 Å². The predicted octanol–water partition coefficient (Wildman–Crippen LogP) is 1.82. The van der Waals surface area contributed by atoms with Crippen LogP contribution in [0.1, 0.15) is 13.8 Å². The van der Waals surface area contributed by atoms with Gasteiger partial charge in [-0.1, -0.05) is 26.0 Å². The first-order chi connectivity index (χ1) is 7.15. The Bertz CT molecular complexity index is 361. The molecule has 0 unspecified atom stereocenters. The van der Waals surface area contributed by atoms with Gasteiger partial charge in [0.25, 0.3) is 6.47 Å². The molecule has 0 aliphatic heterocycles. The summed E-state index contributed by atoms with van der Waals surface area (Å²) < 4.78 is 4.72. The summed E-state index contributed by atoms with van der Waals surface area (Å²) in [6.07, 6.45) is 0. The fraction of sp³-hybridized carbons (Fsp3) is 0.273. The van der Waals surface area contributed by atoms with E-state index in [1.165, 1.54) is 0 Å². The molecule has 1 aromatic carbocycles. The van der Waals surface area contributed by atoms with Crippen LogP contribution < -0.4 is 10.1 Å². The summed E-state index contributed by atoms with van der Waals surface area (Å²) in [5, 5.41) is 2.67. The number of rotatable bonds is 4. The van der Waals surface area contributed by atoms with E-state index in [0.29, 0.717) is 17.9 Å². The van der Waals surface area contributed by atoms with Crippen molar-refractivity contribution >= 4 is 18.1 Å². The number of anilines is 1. The molecule has 0 atom stereocenters. The number of hydrogen-bond donors (Lipinski definition) is 1. The SMILES string of the molecule is CC(C)C(=O)Nc1ccccc1OC=O. The van der Waals surface area contributed by atoms with Gasteiger partial charge < -0.3 is 10.1 Å². The molecule has 0 fully saturated rings. The number of hydrogen-bond acceptors (Lipinski definition) is 3. The molecule has 0 bridgehead atoms. The Morgan fingerprint density at radius 2 is 2.07 bits per heavy atom. The molecular formula is C11H13NO3. The number of carbonyl (C=O) groups is 2. The lowest BCUT2D eigenvalue weighted by Gasteiger charge is -2.10. The van der Waals surface area contributed by atoms with E-state index in [9.17, 15) is 9.59 Å². The number of amides is 1. The van der Waals surface area contributed by atoms with E-state index in [-0.39, 0.29) is 11.8 Å². The van der Waals surface area contributed by atoms with Crippen molar-refractivity contribution in [3.63, 3.8) is 0 Å². The highest BCUT2D eigenvalue weighted by Gasteiger charge is 2.10. The van der Waals surface area contributed by atoms with E-state index in [2.05, 4.69) is 5.32 Å². The molecule has 4 nitrogen and oxygen atoms in total. The molecule has 1 N–H and O–H groups in total. The summed E-state index contributed by atoms with van der Waals surface area (Å²) in [5.74, 6) is 0.118. The van der Waals surface area contributed by atoms with E-state index in [0.717, 1.165) is 0 Å². The monoisotopic (exact) mass is 207 g/mol. The van der Waals surface area contributed by atoms with Crippen LogP contribution in [0.3, 0.4) is 0 Å². The van der Waals surface area contributed by atoms with E-state index in [1.807, 2.05) is 0 Å². The average Bonchev–Trinajstić information content (AvgIpc) is 2.21. The molecule has 0 saturated heterocycles. The molecule has 0 saturated carbocycles. The molecule has 80 valence electrons.